The molecule has 0 fully saturated rings. The first-order valence-corrected chi connectivity index (χ1v) is 17.8. The van der Waals surface area contributed by atoms with Crippen LogP contribution in [0, 0.1) is 5.92 Å². The topological polar surface area (TPSA) is 29.5 Å². The van der Waals surface area contributed by atoms with Gasteiger partial charge in [0.2, 0.25) is 0 Å². The summed E-state index contributed by atoms with van der Waals surface area (Å²) in [4.78, 5) is 0. The Morgan fingerprint density at radius 2 is 1.54 bits per heavy atom. The predicted molar refractivity (Wildman–Crippen MR) is 108 cm³/mol. The molecule has 0 heterocycles. The molecule has 0 aromatic rings. The van der Waals surface area contributed by atoms with Gasteiger partial charge >= 0.3 is 155 Å². The van der Waals surface area contributed by atoms with E-state index in [1.54, 1.807) is 0 Å². The van der Waals surface area contributed by atoms with Gasteiger partial charge in [0.15, 0.2) is 0 Å². The molecule has 24 heavy (non-hydrogen) atoms. The number of hydrogen-bond acceptors (Lipinski definition) is 2. The second kappa shape index (κ2) is 13.4. The van der Waals surface area contributed by atoms with Crippen LogP contribution in [0.25, 0.3) is 0 Å². The van der Waals surface area contributed by atoms with Crippen LogP contribution in [0.4, 0.5) is 0 Å². The van der Waals surface area contributed by atoms with Gasteiger partial charge in [0, 0.05) is 0 Å². The number of aliphatic hydroxyl groups is 1. The molecule has 3 heteroatoms. The standard InChI is InChI=1S/C9H13O2.3C4H9.Sn/c10-6-3-7-11-8-9-4-1-2-5-9;3*1-3-4-2;/h1-2,4,9-10H,3,6-8H2;3*1,3-4H2,2H3;. The van der Waals surface area contributed by atoms with Crippen LogP contribution in [-0.4, -0.2) is 43.3 Å². The molecular formula is C21H40O2Sn. The third-order valence-electron chi connectivity index (χ3n) is 5.40. The molecule has 1 unspecified atom stereocenters. The molecule has 140 valence electrons. The first kappa shape index (κ1) is 22.2. The third-order valence-corrected chi connectivity index (χ3v) is 21.7. The Hall–Kier alpha value is 0.199. The van der Waals surface area contributed by atoms with Crippen LogP contribution in [0.5, 0.6) is 0 Å². The summed E-state index contributed by atoms with van der Waals surface area (Å²) in [6.45, 7) is 8.77. The van der Waals surface area contributed by atoms with Gasteiger partial charge in [-0.15, -0.1) is 0 Å². The predicted octanol–water partition coefficient (Wildman–Crippen LogP) is 5.89. The van der Waals surface area contributed by atoms with Crippen molar-refractivity contribution in [3.8, 4) is 0 Å². The minimum atomic E-state index is -2.29. The Balaban J connectivity index is 2.84. The zero-order valence-electron chi connectivity index (χ0n) is 16.4. The maximum absolute atomic E-state index is 8.94. The second-order valence-electron chi connectivity index (χ2n) is 7.36. The van der Waals surface area contributed by atoms with E-state index in [0.29, 0.717) is 12.5 Å². The summed E-state index contributed by atoms with van der Waals surface area (Å²) in [5.41, 5.74) is 0. The van der Waals surface area contributed by atoms with E-state index in [9.17, 15) is 0 Å². The molecule has 0 aliphatic heterocycles. The van der Waals surface area contributed by atoms with Gasteiger partial charge in [0.25, 0.3) is 0 Å². The summed E-state index contributed by atoms with van der Waals surface area (Å²) in [5, 5.41) is 8.94. The molecule has 0 spiro atoms. The fraction of sp³-hybridized carbons (Fsp3) is 0.810. The van der Waals surface area contributed by atoms with Gasteiger partial charge < -0.3 is 0 Å². The van der Waals surface area contributed by atoms with Gasteiger partial charge in [-0.05, 0) is 0 Å². The fourth-order valence-electron chi connectivity index (χ4n) is 3.97. The van der Waals surface area contributed by atoms with Gasteiger partial charge in [-0.25, -0.2) is 0 Å². The molecular weight excluding hydrogens is 403 g/mol. The van der Waals surface area contributed by atoms with Crippen molar-refractivity contribution < 1.29 is 9.84 Å². The average Bonchev–Trinajstić information content (AvgIpc) is 3.07. The molecule has 1 atom stereocenters. The zero-order valence-corrected chi connectivity index (χ0v) is 19.2. The number of hydrogen-bond donors (Lipinski definition) is 1. The van der Waals surface area contributed by atoms with Gasteiger partial charge in [-0.3, -0.25) is 0 Å². The summed E-state index contributed by atoms with van der Waals surface area (Å²) < 4.78 is 12.3. The van der Waals surface area contributed by atoms with Gasteiger partial charge in [-0.2, -0.15) is 0 Å². The van der Waals surface area contributed by atoms with Crippen LogP contribution in [0.1, 0.15) is 65.7 Å². The molecule has 0 aromatic carbocycles. The molecule has 0 saturated carbocycles. The SMILES string of the molecule is CCC[CH2][Sn]([CH2]CCC)([CH2]CCC)[C]1=CC=CC1COCCCO. The van der Waals surface area contributed by atoms with Crippen LogP contribution in [0.15, 0.2) is 21.8 Å². The van der Waals surface area contributed by atoms with Crippen molar-refractivity contribution in [2.45, 2.75) is 79.0 Å². The van der Waals surface area contributed by atoms with Gasteiger partial charge in [0.05, 0.1) is 0 Å². The van der Waals surface area contributed by atoms with E-state index in [1.807, 2.05) is 3.59 Å². The summed E-state index contributed by atoms with van der Waals surface area (Å²) in [6, 6.07) is 0. The summed E-state index contributed by atoms with van der Waals surface area (Å²) in [5.74, 6) is 0.532. The Morgan fingerprint density at radius 3 is 2.04 bits per heavy atom. The van der Waals surface area contributed by atoms with Crippen molar-refractivity contribution >= 4 is 18.4 Å². The van der Waals surface area contributed by atoms with Crippen molar-refractivity contribution in [1.82, 2.24) is 0 Å². The molecule has 0 saturated heterocycles. The Morgan fingerprint density at radius 1 is 0.958 bits per heavy atom. The van der Waals surface area contributed by atoms with E-state index in [0.717, 1.165) is 13.0 Å². The first-order chi connectivity index (χ1) is 11.7. The molecule has 1 aliphatic rings. The van der Waals surface area contributed by atoms with E-state index in [1.165, 1.54) is 51.8 Å². The fourth-order valence-corrected chi connectivity index (χ4v) is 21.4. The number of ether oxygens (including phenoxy) is 1. The molecule has 1 aliphatic carbocycles. The van der Waals surface area contributed by atoms with Gasteiger partial charge in [0.1, 0.15) is 0 Å². The molecule has 0 bridgehead atoms. The summed E-state index contributed by atoms with van der Waals surface area (Å²) in [6.07, 6.45) is 16.1. The number of rotatable bonds is 15. The van der Waals surface area contributed by atoms with Crippen LogP contribution < -0.4 is 0 Å². The third kappa shape index (κ3) is 7.21. The van der Waals surface area contributed by atoms with Gasteiger partial charge in [-0.1, -0.05) is 0 Å². The van der Waals surface area contributed by atoms with Crippen molar-refractivity contribution in [3.05, 3.63) is 21.8 Å². The zero-order chi connectivity index (χ0) is 17.7. The molecule has 2 nitrogen and oxygen atoms in total. The van der Waals surface area contributed by atoms with E-state index in [-0.39, 0.29) is 6.61 Å². The average molecular weight is 443 g/mol. The molecule has 0 radical (unpaired) electrons. The normalized spacial score (nSPS) is 17.5. The summed E-state index contributed by atoms with van der Waals surface area (Å²) >= 11 is -2.29. The molecule has 0 aromatic heterocycles. The monoisotopic (exact) mass is 444 g/mol. The second-order valence-corrected chi connectivity index (χ2v) is 20.6. The van der Waals surface area contributed by atoms with Crippen molar-refractivity contribution in [3.63, 3.8) is 0 Å². The Bertz CT molecular complexity index is 354. The molecule has 1 rings (SSSR count). The number of aliphatic hydroxyl groups excluding tert-OH is 1. The van der Waals surface area contributed by atoms with Crippen LogP contribution in [-0.2, 0) is 4.74 Å². The Kier molecular flexibility index (Phi) is 12.4. The Labute approximate surface area is 154 Å². The van der Waals surface area contributed by atoms with Crippen LogP contribution in [0.3, 0.4) is 0 Å². The van der Waals surface area contributed by atoms with Crippen molar-refractivity contribution in [2.24, 2.45) is 5.92 Å². The maximum atomic E-state index is 8.94. The van der Waals surface area contributed by atoms with E-state index >= 15 is 0 Å². The van der Waals surface area contributed by atoms with Crippen molar-refractivity contribution in [2.75, 3.05) is 19.8 Å². The summed E-state index contributed by atoms with van der Waals surface area (Å²) in [7, 11) is 0. The first-order valence-electron chi connectivity index (χ1n) is 10.3. The van der Waals surface area contributed by atoms with E-state index < -0.39 is 18.4 Å². The van der Waals surface area contributed by atoms with E-state index in [2.05, 4.69) is 39.0 Å². The van der Waals surface area contributed by atoms with Crippen molar-refractivity contribution in [1.29, 1.82) is 0 Å². The number of allylic oxidation sites excluding steroid dienone is 2. The van der Waals surface area contributed by atoms with Crippen LogP contribution >= 0.6 is 0 Å². The van der Waals surface area contributed by atoms with E-state index in [4.69, 9.17) is 9.84 Å². The number of unbranched alkanes of at least 4 members (excludes halogenated alkanes) is 3. The molecule has 0 amide bonds. The quantitative estimate of drug-likeness (QED) is 0.253. The van der Waals surface area contributed by atoms with Crippen LogP contribution in [0.2, 0.25) is 13.3 Å². The minimum absolute atomic E-state index is 0.232. The molecule has 1 N–H and O–H groups in total.